The van der Waals surface area contributed by atoms with Crippen molar-refractivity contribution in [3.63, 3.8) is 0 Å². The van der Waals surface area contributed by atoms with Gasteiger partial charge in [-0.1, -0.05) is 0 Å². The molecular formula is C8H11F5N2O. The lowest BCUT2D eigenvalue weighted by Gasteiger charge is -2.24. The zero-order valence-corrected chi connectivity index (χ0v) is 8.23. The second-order valence-corrected chi connectivity index (χ2v) is 3.71. The van der Waals surface area contributed by atoms with E-state index in [1.54, 1.807) is 0 Å². The van der Waals surface area contributed by atoms with Crippen LogP contribution in [0.2, 0.25) is 0 Å². The van der Waals surface area contributed by atoms with Crippen LogP contribution in [0.25, 0.3) is 0 Å². The highest BCUT2D eigenvalue weighted by Crippen LogP contribution is 2.37. The van der Waals surface area contributed by atoms with Crippen LogP contribution in [-0.4, -0.2) is 42.5 Å². The van der Waals surface area contributed by atoms with E-state index >= 15 is 0 Å². The van der Waals surface area contributed by atoms with Crippen molar-refractivity contribution in [1.82, 2.24) is 4.90 Å². The third-order valence-corrected chi connectivity index (χ3v) is 2.53. The molecule has 1 aliphatic rings. The molecule has 0 radical (unpaired) electrons. The number of likely N-dealkylation sites (tertiary alicyclic amines) is 1. The van der Waals surface area contributed by atoms with Gasteiger partial charge in [0.1, 0.15) is 0 Å². The molecule has 0 aromatic heterocycles. The van der Waals surface area contributed by atoms with E-state index in [1.165, 1.54) is 0 Å². The van der Waals surface area contributed by atoms with Gasteiger partial charge in [0.15, 0.2) is 0 Å². The third kappa shape index (κ3) is 2.26. The second kappa shape index (κ2) is 4.15. The molecule has 94 valence electrons. The van der Waals surface area contributed by atoms with Gasteiger partial charge in [-0.25, -0.2) is 0 Å². The topological polar surface area (TPSA) is 46.3 Å². The molecule has 0 aromatic rings. The molecular weight excluding hydrogens is 235 g/mol. The zero-order valence-electron chi connectivity index (χ0n) is 8.23. The van der Waals surface area contributed by atoms with Crippen LogP contribution in [0.15, 0.2) is 0 Å². The van der Waals surface area contributed by atoms with Crippen molar-refractivity contribution in [2.45, 2.75) is 18.5 Å². The van der Waals surface area contributed by atoms with Crippen molar-refractivity contribution in [3.8, 4) is 0 Å². The van der Waals surface area contributed by atoms with Gasteiger partial charge in [0.2, 0.25) is 0 Å². The van der Waals surface area contributed by atoms with E-state index in [0.29, 0.717) is 11.3 Å². The number of alkyl halides is 5. The van der Waals surface area contributed by atoms with Crippen molar-refractivity contribution in [1.29, 1.82) is 0 Å². The molecule has 3 nitrogen and oxygen atoms in total. The fourth-order valence-corrected chi connectivity index (χ4v) is 1.53. The van der Waals surface area contributed by atoms with Gasteiger partial charge in [-0.2, -0.15) is 22.0 Å². The Kier molecular flexibility index (Phi) is 3.41. The summed E-state index contributed by atoms with van der Waals surface area (Å²) in [5.41, 5.74) is 5.24. The van der Waals surface area contributed by atoms with Crippen LogP contribution in [0, 0.1) is 5.92 Å². The quantitative estimate of drug-likeness (QED) is 0.738. The number of rotatable bonds is 2. The summed E-state index contributed by atoms with van der Waals surface area (Å²) in [4.78, 5) is 11.5. The normalized spacial score (nSPS) is 22.6. The minimum atomic E-state index is -5.84. The lowest BCUT2D eigenvalue weighted by atomic mass is 10.1. The summed E-state index contributed by atoms with van der Waals surface area (Å²) in [6.45, 7) is -0.0747. The summed E-state index contributed by atoms with van der Waals surface area (Å²) in [6.07, 6.45) is -5.49. The van der Waals surface area contributed by atoms with Gasteiger partial charge >= 0.3 is 18.0 Å². The fraction of sp³-hybridized carbons (Fsp3) is 0.875. The van der Waals surface area contributed by atoms with E-state index in [9.17, 15) is 26.7 Å². The molecule has 1 amide bonds. The highest BCUT2D eigenvalue weighted by molar-refractivity contribution is 5.84. The number of halogens is 5. The Balaban J connectivity index is 2.72. The summed E-state index contributed by atoms with van der Waals surface area (Å²) in [5.74, 6) is -7.69. The molecule has 0 saturated carbocycles. The molecule has 1 unspecified atom stereocenters. The Bertz CT molecular complexity index is 278. The summed E-state index contributed by atoms with van der Waals surface area (Å²) < 4.78 is 61.0. The van der Waals surface area contributed by atoms with Gasteiger partial charge < -0.3 is 10.6 Å². The molecule has 1 aliphatic heterocycles. The minimum Gasteiger partial charge on any atom is -0.337 e. The molecule has 0 aliphatic carbocycles. The van der Waals surface area contributed by atoms with E-state index in [4.69, 9.17) is 5.73 Å². The Labute approximate surface area is 88.4 Å². The molecule has 1 saturated heterocycles. The number of nitrogens with zero attached hydrogens (tertiary/aromatic N) is 1. The van der Waals surface area contributed by atoms with Crippen molar-refractivity contribution >= 4 is 5.91 Å². The van der Waals surface area contributed by atoms with Crippen LogP contribution < -0.4 is 5.73 Å². The smallest absolute Gasteiger partial charge is 0.337 e. The molecule has 1 heterocycles. The van der Waals surface area contributed by atoms with E-state index < -0.39 is 18.0 Å². The standard InChI is InChI=1S/C8H11F5N2O/c9-7(10,8(11,12)13)6(16)15-2-1-5(3-14)4-15/h5H,1-4,14H2. The zero-order chi connectivity index (χ0) is 12.6. The van der Waals surface area contributed by atoms with Crippen LogP contribution >= 0.6 is 0 Å². The van der Waals surface area contributed by atoms with Crippen LogP contribution in [-0.2, 0) is 4.79 Å². The first-order valence-electron chi connectivity index (χ1n) is 4.64. The second-order valence-electron chi connectivity index (χ2n) is 3.71. The number of nitrogens with two attached hydrogens (primary N) is 1. The van der Waals surface area contributed by atoms with Crippen LogP contribution in [0.1, 0.15) is 6.42 Å². The fourth-order valence-electron chi connectivity index (χ4n) is 1.53. The van der Waals surface area contributed by atoms with Crippen molar-refractivity contribution in [2.75, 3.05) is 19.6 Å². The Morgan fingerprint density at radius 1 is 1.31 bits per heavy atom. The lowest BCUT2D eigenvalue weighted by Crippen LogP contribution is -2.51. The molecule has 1 atom stereocenters. The SMILES string of the molecule is NCC1CCN(C(=O)C(F)(F)C(F)(F)F)C1. The maximum absolute atomic E-state index is 12.7. The number of carbonyl (C=O) groups is 1. The third-order valence-electron chi connectivity index (χ3n) is 2.53. The molecule has 0 aromatic carbocycles. The minimum absolute atomic E-state index is 0.105. The first-order valence-corrected chi connectivity index (χ1v) is 4.64. The largest absolute Gasteiger partial charge is 0.463 e. The maximum atomic E-state index is 12.7. The Hall–Kier alpha value is -0.920. The average molecular weight is 246 g/mol. The van der Waals surface area contributed by atoms with Gasteiger partial charge in [0.05, 0.1) is 0 Å². The van der Waals surface area contributed by atoms with E-state index in [-0.39, 0.29) is 25.6 Å². The highest BCUT2D eigenvalue weighted by atomic mass is 19.4. The van der Waals surface area contributed by atoms with E-state index in [2.05, 4.69) is 0 Å². The lowest BCUT2D eigenvalue weighted by molar-refractivity contribution is -0.274. The van der Waals surface area contributed by atoms with Crippen LogP contribution in [0.5, 0.6) is 0 Å². The predicted molar refractivity (Wildman–Crippen MR) is 44.7 cm³/mol. The monoisotopic (exact) mass is 246 g/mol. The van der Waals surface area contributed by atoms with Gasteiger partial charge in [0.25, 0.3) is 0 Å². The molecule has 0 spiro atoms. The molecule has 1 rings (SSSR count). The summed E-state index contributed by atoms with van der Waals surface area (Å²) in [6, 6.07) is 0. The Morgan fingerprint density at radius 2 is 1.88 bits per heavy atom. The van der Waals surface area contributed by atoms with Crippen molar-refractivity contribution in [3.05, 3.63) is 0 Å². The van der Waals surface area contributed by atoms with Crippen LogP contribution in [0.3, 0.4) is 0 Å². The van der Waals surface area contributed by atoms with Gasteiger partial charge in [-0.05, 0) is 18.9 Å². The van der Waals surface area contributed by atoms with Crippen molar-refractivity contribution in [2.24, 2.45) is 11.7 Å². The van der Waals surface area contributed by atoms with Gasteiger partial charge in [-0.3, -0.25) is 4.79 Å². The maximum Gasteiger partial charge on any atom is 0.463 e. The summed E-state index contributed by atoms with van der Waals surface area (Å²) in [5, 5.41) is 0. The summed E-state index contributed by atoms with van der Waals surface area (Å²) >= 11 is 0. The summed E-state index contributed by atoms with van der Waals surface area (Å²) in [7, 11) is 0. The molecule has 2 N–H and O–H groups in total. The highest BCUT2D eigenvalue weighted by Gasteiger charge is 2.64. The molecule has 16 heavy (non-hydrogen) atoms. The first kappa shape index (κ1) is 13.1. The predicted octanol–water partition coefficient (Wildman–Crippen LogP) is 0.991. The molecule has 8 heteroatoms. The Morgan fingerprint density at radius 3 is 2.25 bits per heavy atom. The average Bonchev–Trinajstić information content (AvgIpc) is 2.62. The number of hydrogen-bond acceptors (Lipinski definition) is 2. The molecule has 0 bridgehead atoms. The number of amides is 1. The van der Waals surface area contributed by atoms with E-state index in [1.807, 2.05) is 0 Å². The van der Waals surface area contributed by atoms with E-state index in [0.717, 1.165) is 0 Å². The number of carbonyl (C=O) groups excluding carboxylic acids is 1. The van der Waals surface area contributed by atoms with Gasteiger partial charge in [-0.15, -0.1) is 0 Å². The van der Waals surface area contributed by atoms with Crippen molar-refractivity contribution < 1.29 is 26.7 Å². The van der Waals surface area contributed by atoms with Crippen LogP contribution in [0.4, 0.5) is 22.0 Å². The first-order chi connectivity index (χ1) is 7.20. The van der Waals surface area contributed by atoms with Gasteiger partial charge in [0, 0.05) is 13.1 Å². The molecule has 1 fully saturated rings. The number of hydrogen-bond donors (Lipinski definition) is 1.